The van der Waals surface area contributed by atoms with Gasteiger partial charge in [0.2, 0.25) is 0 Å². The molecule has 0 spiro atoms. The molecular formula is C14H25NO3. The summed E-state index contributed by atoms with van der Waals surface area (Å²) in [4.78, 5) is 11.9. The Labute approximate surface area is 109 Å². The van der Waals surface area contributed by atoms with Crippen molar-refractivity contribution in [3.63, 3.8) is 0 Å². The molecule has 4 nitrogen and oxygen atoms in total. The minimum atomic E-state index is -0.100. The number of fused-ring (bicyclic) bond motifs is 1. The maximum absolute atomic E-state index is 11.9. The van der Waals surface area contributed by atoms with E-state index in [-0.39, 0.29) is 18.1 Å². The average Bonchev–Trinajstić information content (AvgIpc) is 2.78. The first-order valence-corrected chi connectivity index (χ1v) is 7.21. The van der Waals surface area contributed by atoms with E-state index in [0.717, 1.165) is 6.42 Å². The Bertz CT molecular complexity index is 266. The zero-order valence-electron chi connectivity index (χ0n) is 11.5. The van der Waals surface area contributed by atoms with Crippen LogP contribution in [0.5, 0.6) is 0 Å². The lowest BCUT2D eigenvalue weighted by Gasteiger charge is -2.24. The number of rotatable bonds is 5. The van der Waals surface area contributed by atoms with Gasteiger partial charge in [-0.2, -0.15) is 0 Å². The maximum Gasteiger partial charge on any atom is 0.323 e. The van der Waals surface area contributed by atoms with E-state index in [1.807, 2.05) is 13.8 Å². The molecule has 1 aliphatic heterocycles. The van der Waals surface area contributed by atoms with Gasteiger partial charge in [-0.1, -0.05) is 12.8 Å². The van der Waals surface area contributed by atoms with Crippen LogP contribution in [0.25, 0.3) is 0 Å². The molecule has 2 fully saturated rings. The van der Waals surface area contributed by atoms with Gasteiger partial charge >= 0.3 is 5.97 Å². The Hall–Kier alpha value is -0.610. The van der Waals surface area contributed by atoms with Crippen molar-refractivity contribution >= 4 is 5.97 Å². The second kappa shape index (κ2) is 6.53. The summed E-state index contributed by atoms with van der Waals surface area (Å²) in [7, 11) is 0. The third-order valence-corrected chi connectivity index (χ3v) is 3.93. The van der Waals surface area contributed by atoms with Gasteiger partial charge in [0.15, 0.2) is 0 Å². The summed E-state index contributed by atoms with van der Waals surface area (Å²) in [6.45, 7) is 4.81. The van der Waals surface area contributed by atoms with Gasteiger partial charge < -0.3 is 14.8 Å². The third-order valence-electron chi connectivity index (χ3n) is 3.93. The second-order valence-corrected chi connectivity index (χ2v) is 5.69. The molecule has 1 heterocycles. The predicted molar refractivity (Wildman–Crippen MR) is 69.3 cm³/mol. The fourth-order valence-corrected chi connectivity index (χ4v) is 3.03. The van der Waals surface area contributed by atoms with E-state index in [9.17, 15) is 4.79 Å². The highest BCUT2D eigenvalue weighted by atomic mass is 16.6. The van der Waals surface area contributed by atoms with Crippen LogP contribution in [0.15, 0.2) is 0 Å². The molecule has 1 saturated heterocycles. The molecule has 1 aliphatic carbocycles. The Morgan fingerprint density at radius 2 is 2.06 bits per heavy atom. The minimum absolute atomic E-state index is 0.0860. The molecule has 1 N–H and O–H groups in total. The van der Waals surface area contributed by atoms with Crippen molar-refractivity contribution in [3.8, 4) is 0 Å². The highest BCUT2D eigenvalue weighted by Gasteiger charge is 2.38. The van der Waals surface area contributed by atoms with Crippen molar-refractivity contribution < 1.29 is 14.3 Å². The maximum atomic E-state index is 11.9. The predicted octanol–water partition coefficient (Wildman–Crippen LogP) is 1.88. The van der Waals surface area contributed by atoms with Crippen molar-refractivity contribution in [3.05, 3.63) is 0 Å². The smallest absolute Gasteiger partial charge is 0.323 e. The van der Waals surface area contributed by atoms with Crippen LogP contribution >= 0.6 is 0 Å². The van der Waals surface area contributed by atoms with Gasteiger partial charge in [-0.25, -0.2) is 0 Å². The normalized spacial score (nSPS) is 31.4. The summed E-state index contributed by atoms with van der Waals surface area (Å²) in [5.74, 6) is 0.583. The molecule has 3 unspecified atom stereocenters. The largest absolute Gasteiger partial charge is 0.462 e. The first kappa shape index (κ1) is 13.8. The van der Waals surface area contributed by atoms with E-state index in [0.29, 0.717) is 25.2 Å². The van der Waals surface area contributed by atoms with E-state index in [2.05, 4.69) is 5.32 Å². The van der Waals surface area contributed by atoms with Crippen molar-refractivity contribution in [2.24, 2.45) is 5.92 Å². The van der Waals surface area contributed by atoms with Crippen LogP contribution in [0.4, 0.5) is 0 Å². The molecule has 104 valence electrons. The number of hydrogen-bond donors (Lipinski definition) is 1. The van der Waals surface area contributed by atoms with E-state index in [1.165, 1.54) is 25.7 Å². The Balaban J connectivity index is 1.67. The lowest BCUT2D eigenvalue weighted by molar-refractivity contribution is -0.147. The third kappa shape index (κ3) is 3.69. The Morgan fingerprint density at radius 1 is 1.28 bits per heavy atom. The Morgan fingerprint density at radius 3 is 2.78 bits per heavy atom. The lowest BCUT2D eigenvalue weighted by Crippen LogP contribution is -2.38. The molecule has 2 rings (SSSR count). The molecular weight excluding hydrogens is 230 g/mol. The van der Waals surface area contributed by atoms with Crippen LogP contribution in [0.2, 0.25) is 0 Å². The van der Waals surface area contributed by atoms with Crippen LogP contribution < -0.4 is 5.32 Å². The molecule has 2 aliphatic rings. The van der Waals surface area contributed by atoms with Gasteiger partial charge in [0.05, 0.1) is 12.7 Å². The summed E-state index contributed by atoms with van der Waals surface area (Å²) in [5.41, 5.74) is 0. The topological polar surface area (TPSA) is 47.6 Å². The number of carbonyl (C=O) groups is 1. The zero-order valence-corrected chi connectivity index (χ0v) is 11.5. The van der Waals surface area contributed by atoms with E-state index in [1.54, 1.807) is 0 Å². The van der Waals surface area contributed by atoms with Gasteiger partial charge in [0.25, 0.3) is 0 Å². The fraction of sp³-hybridized carbons (Fsp3) is 0.929. The average molecular weight is 255 g/mol. The minimum Gasteiger partial charge on any atom is -0.462 e. The van der Waals surface area contributed by atoms with Gasteiger partial charge in [0.1, 0.15) is 12.6 Å². The molecule has 0 radical (unpaired) electrons. The van der Waals surface area contributed by atoms with Crippen LogP contribution in [0.1, 0.15) is 46.0 Å². The molecule has 4 heteroatoms. The fourth-order valence-electron chi connectivity index (χ4n) is 3.03. The van der Waals surface area contributed by atoms with Crippen molar-refractivity contribution in [1.82, 2.24) is 5.32 Å². The molecule has 0 aromatic rings. The van der Waals surface area contributed by atoms with Gasteiger partial charge in [-0.3, -0.25) is 4.79 Å². The summed E-state index contributed by atoms with van der Waals surface area (Å²) in [6, 6.07) is 0.459. The quantitative estimate of drug-likeness (QED) is 0.602. The van der Waals surface area contributed by atoms with Crippen molar-refractivity contribution in [2.45, 2.75) is 64.1 Å². The Kier molecular flexibility index (Phi) is 5.01. The highest BCUT2D eigenvalue weighted by molar-refractivity contribution is 5.76. The summed E-state index contributed by atoms with van der Waals surface area (Å²) in [5, 5.41) is 3.43. The van der Waals surface area contributed by atoms with Crippen molar-refractivity contribution in [1.29, 1.82) is 0 Å². The number of nitrogens with one attached hydrogen (secondary N) is 1. The summed E-state index contributed by atoms with van der Waals surface area (Å²) in [6.07, 6.45) is 6.22. The van der Waals surface area contributed by atoms with Gasteiger partial charge in [-0.05, 0) is 39.0 Å². The molecule has 0 amide bonds. The molecule has 0 aromatic carbocycles. The zero-order chi connectivity index (χ0) is 13.0. The molecule has 0 aromatic heterocycles. The van der Waals surface area contributed by atoms with Gasteiger partial charge in [0, 0.05) is 6.04 Å². The highest BCUT2D eigenvalue weighted by Crippen LogP contribution is 2.33. The summed E-state index contributed by atoms with van der Waals surface area (Å²) < 4.78 is 10.6. The number of esters is 1. The standard InChI is InChI=1S/C14H25NO3/c1-10(2)17-7-8-18-14(16)13-9-11-5-3-4-6-12(11)15-13/h10-13,15H,3-9H2,1-2H3. The van der Waals surface area contributed by atoms with Crippen LogP contribution in [-0.4, -0.2) is 37.4 Å². The van der Waals surface area contributed by atoms with E-state index in [4.69, 9.17) is 9.47 Å². The number of ether oxygens (including phenoxy) is 2. The SMILES string of the molecule is CC(C)OCCOC(=O)C1CC2CCCCC2N1. The first-order valence-electron chi connectivity index (χ1n) is 7.21. The van der Waals surface area contributed by atoms with Crippen LogP contribution in [-0.2, 0) is 14.3 Å². The van der Waals surface area contributed by atoms with E-state index < -0.39 is 0 Å². The molecule has 18 heavy (non-hydrogen) atoms. The number of hydrogen-bond acceptors (Lipinski definition) is 4. The lowest BCUT2D eigenvalue weighted by atomic mass is 9.85. The summed E-state index contributed by atoms with van der Waals surface area (Å²) >= 11 is 0. The molecule has 3 atom stereocenters. The van der Waals surface area contributed by atoms with E-state index >= 15 is 0 Å². The van der Waals surface area contributed by atoms with Crippen LogP contribution in [0.3, 0.4) is 0 Å². The van der Waals surface area contributed by atoms with Crippen LogP contribution in [0, 0.1) is 5.92 Å². The first-order chi connectivity index (χ1) is 8.66. The molecule has 1 saturated carbocycles. The number of carbonyl (C=O) groups excluding carboxylic acids is 1. The second-order valence-electron chi connectivity index (χ2n) is 5.69. The monoisotopic (exact) mass is 255 g/mol. The van der Waals surface area contributed by atoms with Gasteiger partial charge in [-0.15, -0.1) is 0 Å². The van der Waals surface area contributed by atoms with Crippen molar-refractivity contribution in [2.75, 3.05) is 13.2 Å². The molecule has 0 bridgehead atoms.